The monoisotopic (exact) mass is 649 g/mol. The number of benzene rings is 2. The number of hydrogen-bond acceptors (Lipinski definition) is 7. The van der Waals surface area contributed by atoms with Crippen molar-refractivity contribution in [2.75, 3.05) is 26.2 Å². The summed E-state index contributed by atoms with van der Waals surface area (Å²) in [5.41, 5.74) is 0.971. The minimum Gasteiger partial charge on any atom is -0.456 e. The highest BCUT2D eigenvalue weighted by Gasteiger charge is 2.32. The van der Waals surface area contributed by atoms with Crippen molar-refractivity contribution in [3.8, 4) is 17.6 Å². The van der Waals surface area contributed by atoms with Gasteiger partial charge in [-0.2, -0.15) is 5.26 Å². The molecule has 1 aromatic heterocycles. The topological polar surface area (TPSA) is 99.4 Å². The summed E-state index contributed by atoms with van der Waals surface area (Å²) in [4.78, 5) is 15.4. The molecule has 34 heavy (non-hydrogen) atoms. The number of amides is 1. The number of rotatable bonds is 5. The van der Waals surface area contributed by atoms with E-state index < -0.39 is 7.29 Å². The van der Waals surface area contributed by atoms with Crippen LogP contribution in [-0.4, -0.2) is 55.1 Å². The van der Waals surface area contributed by atoms with E-state index in [0.29, 0.717) is 68.8 Å². The third-order valence-electron chi connectivity index (χ3n) is 5.20. The molecule has 0 N–H and O–H groups in total. The Morgan fingerprint density at radius 1 is 1.18 bits per heavy atom. The van der Waals surface area contributed by atoms with Crippen molar-refractivity contribution < 1.29 is 13.7 Å². The van der Waals surface area contributed by atoms with E-state index in [1.807, 2.05) is 25.5 Å². The molecule has 0 atom stereocenters. The molecule has 1 fully saturated rings. The number of halogens is 3. The van der Waals surface area contributed by atoms with Crippen LogP contribution in [0.1, 0.15) is 20.9 Å². The first-order valence-corrected chi connectivity index (χ1v) is 16.0. The Bertz CT molecular complexity index is 1320. The van der Waals surface area contributed by atoms with E-state index in [1.165, 1.54) is 0 Å². The molecule has 0 aliphatic carbocycles. The summed E-state index contributed by atoms with van der Waals surface area (Å²) in [6, 6.07) is 11.7. The van der Waals surface area contributed by atoms with Gasteiger partial charge in [-0.3, -0.25) is 9.00 Å². The van der Waals surface area contributed by atoms with Gasteiger partial charge in [0.15, 0.2) is 0 Å². The van der Waals surface area contributed by atoms with E-state index in [1.54, 1.807) is 48.2 Å². The van der Waals surface area contributed by atoms with Crippen LogP contribution in [0.4, 0.5) is 0 Å². The van der Waals surface area contributed by atoms with Crippen molar-refractivity contribution in [2.45, 2.75) is 11.8 Å². The average molecular weight is 650 g/mol. The van der Waals surface area contributed by atoms with Gasteiger partial charge < -0.3 is 9.64 Å². The standard InChI is InChI=1S/C21H18Cl2IN5O3S2/c1-13-20(33-27-26-13)21(30)28-4-6-29(7-5-28)34(24,31)19-8-14(12-25)2-3-18(19)32-17-10-15(22)9-16(23)11-17/h2-3,8-11,34H,4-7H2,1H3. The largest absolute Gasteiger partial charge is 0.456 e. The van der Waals surface area contributed by atoms with Crippen LogP contribution in [0.2, 0.25) is 10.0 Å². The fourth-order valence-corrected chi connectivity index (χ4v) is 8.73. The molecule has 0 spiro atoms. The number of carbonyl (C=O) groups is 1. The molecule has 1 aliphatic rings. The lowest BCUT2D eigenvalue weighted by molar-refractivity contribution is 0.0704. The quantitative estimate of drug-likeness (QED) is 0.239. The molecule has 1 aliphatic heterocycles. The number of aryl methyl sites for hydroxylation is 1. The zero-order chi connectivity index (χ0) is 24.5. The van der Waals surface area contributed by atoms with E-state index in [0.717, 1.165) is 11.5 Å². The zero-order valence-electron chi connectivity index (χ0n) is 17.7. The number of carbonyl (C=O) groups excluding carboxylic acids is 1. The lowest BCUT2D eigenvalue weighted by Crippen LogP contribution is -2.51. The lowest BCUT2D eigenvalue weighted by Gasteiger charge is -2.39. The van der Waals surface area contributed by atoms with Crippen molar-refractivity contribution in [3.05, 3.63) is 62.6 Å². The molecule has 0 unspecified atom stereocenters. The van der Waals surface area contributed by atoms with E-state index >= 15 is 0 Å². The second kappa shape index (κ2) is 10.4. The number of thiol groups is 1. The van der Waals surface area contributed by atoms with Crippen LogP contribution in [0.25, 0.3) is 0 Å². The highest BCUT2D eigenvalue weighted by atomic mass is 127. The molecule has 1 saturated heterocycles. The smallest absolute Gasteiger partial charge is 0.267 e. The zero-order valence-corrected chi connectivity index (χ0v) is 23.1. The summed E-state index contributed by atoms with van der Waals surface area (Å²) >= 11 is 15.2. The lowest BCUT2D eigenvalue weighted by atomic mass is 10.2. The maximum Gasteiger partial charge on any atom is 0.267 e. The molecule has 4 rings (SSSR count). The first-order valence-electron chi connectivity index (χ1n) is 10.0. The van der Waals surface area contributed by atoms with Crippen LogP contribution in [0, 0.1) is 18.3 Å². The molecule has 3 aromatic rings. The summed E-state index contributed by atoms with van der Waals surface area (Å²) in [5.74, 6) is 0.618. The number of nitrogens with zero attached hydrogens (tertiary/aromatic N) is 5. The summed E-state index contributed by atoms with van der Waals surface area (Å²) in [6.07, 6.45) is 0. The molecule has 178 valence electrons. The first-order chi connectivity index (χ1) is 16.2. The molecule has 0 saturated carbocycles. The molecule has 8 nitrogen and oxygen atoms in total. The van der Waals surface area contributed by atoms with E-state index in [2.05, 4.69) is 15.7 Å². The normalized spacial score (nSPS) is 15.1. The summed E-state index contributed by atoms with van der Waals surface area (Å²) in [5, 5.41) is 14.1. The van der Waals surface area contributed by atoms with Crippen LogP contribution in [0.3, 0.4) is 0 Å². The Labute approximate surface area is 223 Å². The van der Waals surface area contributed by atoms with E-state index in [-0.39, 0.29) is 5.91 Å². The van der Waals surface area contributed by atoms with Crippen LogP contribution in [0.5, 0.6) is 11.5 Å². The highest BCUT2D eigenvalue weighted by molar-refractivity contribution is 14.2. The molecular formula is C21H18Cl2IN5O3S2. The highest BCUT2D eigenvalue weighted by Crippen LogP contribution is 2.41. The number of nitriles is 1. The van der Waals surface area contributed by atoms with Gasteiger partial charge in [0, 0.05) is 64.7 Å². The minimum absolute atomic E-state index is 0.122. The summed E-state index contributed by atoms with van der Waals surface area (Å²) in [6.45, 7) is 3.36. The fraction of sp³-hybridized carbons (Fsp3) is 0.238. The van der Waals surface area contributed by atoms with E-state index in [4.69, 9.17) is 27.9 Å². The Balaban J connectivity index is 1.58. The SMILES string of the molecule is Cc1nnsc1C(=O)N1CCN([SH](=O)(I)c2cc(C#N)ccc2Oc2cc(Cl)cc(Cl)c2)CC1. The minimum atomic E-state index is -3.18. The van der Waals surface area contributed by atoms with Gasteiger partial charge in [-0.1, -0.05) is 27.7 Å². The molecule has 13 heteroatoms. The fourth-order valence-electron chi connectivity index (χ4n) is 3.48. The number of piperazine rings is 1. The Morgan fingerprint density at radius 3 is 2.44 bits per heavy atom. The number of aromatic nitrogens is 2. The molecular weight excluding hydrogens is 632 g/mol. The Hall–Kier alpha value is -1.82. The van der Waals surface area contributed by atoms with Crippen LogP contribution < -0.4 is 4.74 Å². The third kappa shape index (κ3) is 5.37. The molecule has 0 radical (unpaired) electrons. The van der Waals surface area contributed by atoms with Gasteiger partial charge in [0.1, 0.15) is 16.4 Å². The predicted molar refractivity (Wildman–Crippen MR) is 142 cm³/mol. The maximum absolute atomic E-state index is 14.1. The van der Waals surface area contributed by atoms with Gasteiger partial charge in [0.05, 0.1) is 22.2 Å². The van der Waals surface area contributed by atoms with Crippen LogP contribution in [-0.2, 0) is 7.29 Å². The molecule has 1 amide bonds. The molecule has 2 aromatic carbocycles. The summed E-state index contributed by atoms with van der Waals surface area (Å²) in [7, 11) is -3.18. The molecule has 0 bridgehead atoms. The van der Waals surface area contributed by atoms with Crippen LogP contribution in [0.15, 0.2) is 41.3 Å². The van der Waals surface area contributed by atoms with Gasteiger partial charge in [-0.15, -0.1) is 5.10 Å². The van der Waals surface area contributed by atoms with Crippen LogP contribution >= 0.6 is 55.9 Å². The number of hydrogen-bond donors (Lipinski definition) is 1. The summed E-state index contributed by atoms with van der Waals surface area (Å²) < 4.78 is 25.8. The van der Waals surface area contributed by atoms with Gasteiger partial charge in [0.25, 0.3) is 5.91 Å². The van der Waals surface area contributed by atoms with Crippen molar-refractivity contribution in [1.29, 1.82) is 5.26 Å². The second-order valence-electron chi connectivity index (χ2n) is 7.44. The van der Waals surface area contributed by atoms with Gasteiger partial charge >= 0.3 is 0 Å². The predicted octanol–water partition coefficient (Wildman–Crippen LogP) is 4.92. The van der Waals surface area contributed by atoms with E-state index in [9.17, 15) is 14.3 Å². The van der Waals surface area contributed by atoms with Gasteiger partial charge in [-0.05, 0) is 54.9 Å². The average Bonchev–Trinajstić information content (AvgIpc) is 3.24. The second-order valence-corrected chi connectivity index (χ2v) is 15.0. The third-order valence-corrected chi connectivity index (χ3v) is 11.9. The van der Waals surface area contributed by atoms with Crippen molar-refractivity contribution in [1.82, 2.24) is 18.8 Å². The van der Waals surface area contributed by atoms with Crippen molar-refractivity contribution in [3.63, 3.8) is 0 Å². The van der Waals surface area contributed by atoms with Crippen molar-refractivity contribution >= 4 is 69.1 Å². The van der Waals surface area contributed by atoms with Gasteiger partial charge in [-0.25, -0.2) is 4.31 Å². The Kier molecular flexibility index (Phi) is 7.75. The maximum atomic E-state index is 14.1. The Morgan fingerprint density at radius 2 is 1.85 bits per heavy atom. The first kappa shape index (κ1) is 25.3. The van der Waals surface area contributed by atoms with Crippen molar-refractivity contribution in [2.24, 2.45) is 0 Å². The van der Waals surface area contributed by atoms with Gasteiger partial charge in [0.2, 0.25) is 0 Å². The molecule has 2 heterocycles. The number of ether oxygens (including phenoxy) is 1.